The molecule has 0 aromatic heterocycles. The molecule has 0 fully saturated rings. The molecule has 1 aromatic rings. The molecule has 1 N–H and O–H groups in total. The van der Waals surface area contributed by atoms with E-state index in [9.17, 15) is 9.59 Å². The van der Waals surface area contributed by atoms with Gasteiger partial charge in [-0.3, -0.25) is 0 Å². The molecule has 0 aliphatic heterocycles. The Kier molecular flexibility index (Phi) is 6.25. The van der Waals surface area contributed by atoms with Gasteiger partial charge in [-0.05, 0) is 19.1 Å². The molecule has 6 nitrogen and oxygen atoms in total. The molecule has 0 unspecified atom stereocenters. The lowest BCUT2D eigenvalue weighted by Gasteiger charge is -2.09. The minimum Gasteiger partial charge on any atom is -0.478 e. The third kappa shape index (κ3) is 5.11. The van der Waals surface area contributed by atoms with Crippen molar-refractivity contribution in [3.63, 3.8) is 0 Å². The third-order valence-electron chi connectivity index (χ3n) is 2.22. The zero-order chi connectivity index (χ0) is 15.0. The highest BCUT2D eigenvalue weighted by molar-refractivity contribution is 5.90. The summed E-state index contributed by atoms with van der Waals surface area (Å²) in [5.41, 5.74) is 0.376. The maximum Gasteiger partial charge on any atom is 0.339 e. The van der Waals surface area contributed by atoms with Crippen LogP contribution in [0.1, 0.15) is 17.3 Å². The number of ether oxygens (including phenoxy) is 3. The number of esters is 1. The highest BCUT2D eigenvalue weighted by Crippen LogP contribution is 2.17. The van der Waals surface area contributed by atoms with Gasteiger partial charge < -0.3 is 19.3 Å². The Labute approximate surface area is 116 Å². The first-order valence-electron chi connectivity index (χ1n) is 5.88. The van der Waals surface area contributed by atoms with Gasteiger partial charge in [0.1, 0.15) is 17.9 Å². The molecular weight excluding hydrogens is 264 g/mol. The highest BCUT2D eigenvalue weighted by atomic mass is 16.7. The lowest BCUT2D eigenvalue weighted by molar-refractivity contribution is -0.141. The van der Waals surface area contributed by atoms with Gasteiger partial charge in [-0.2, -0.15) is 0 Å². The molecule has 0 saturated carbocycles. The van der Waals surface area contributed by atoms with E-state index < -0.39 is 11.9 Å². The number of carbonyl (C=O) groups is 2. The number of para-hydroxylation sites is 1. The van der Waals surface area contributed by atoms with E-state index in [0.717, 1.165) is 0 Å². The summed E-state index contributed by atoms with van der Waals surface area (Å²) in [6.45, 7) is 5.09. The first kappa shape index (κ1) is 15.7. The van der Waals surface area contributed by atoms with Crippen LogP contribution in [-0.4, -0.2) is 37.1 Å². The smallest absolute Gasteiger partial charge is 0.339 e. The number of hydrogen-bond acceptors (Lipinski definition) is 5. The molecule has 108 valence electrons. The van der Waals surface area contributed by atoms with Crippen LogP contribution in [0.4, 0.5) is 0 Å². The lowest BCUT2D eigenvalue weighted by atomic mass is 10.2. The van der Waals surface area contributed by atoms with Crippen molar-refractivity contribution in [3.05, 3.63) is 42.0 Å². The molecule has 1 aromatic carbocycles. The number of hydrogen-bond donors (Lipinski definition) is 1. The van der Waals surface area contributed by atoms with Gasteiger partial charge in [0, 0.05) is 5.57 Å². The number of benzene rings is 1. The van der Waals surface area contributed by atoms with Gasteiger partial charge in [-0.1, -0.05) is 18.7 Å². The minimum absolute atomic E-state index is 0.0600. The van der Waals surface area contributed by atoms with E-state index >= 15 is 0 Å². The summed E-state index contributed by atoms with van der Waals surface area (Å²) in [5, 5.41) is 8.93. The average Bonchev–Trinajstić information content (AvgIpc) is 2.42. The van der Waals surface area contributed by atoms with Crippen molar-refractivity contribution in [2.75, 3.05) is 20.0 Å². The van der Waals surface area contributed by atoms with Gasteiger partial charge in [-0.15, -0.1) is 0 Å². The van der Waals surface area contributed by atoms with Gasteiger partial charge in [-0.25, -0.2) is 9.59 Å². The monoisotopic (exact) mass is 280 g/mol. The molecule has 0 heterocycles. The molecule has 0 atom stereocenters. The summed E-state index contributed by atoms with van der Waals surface area (Å²) >= 11 is 0. The minimum atomic E-state index is -1.07. The lowest BCUT2D eigenvalue weighted by Crippen LogP contribution is -2.13. The number of rotatable bonds is 8. The van der Waals surface area contributed by atoms with Gasteiger partial charge in [0.2, 0.25) is 0 Å². The Morgan fingerprint density at radius 3 is 2.60 bits per heavy atom. The van der Waals surface area contributed by atoms with Crippen molar-refractivity contribution in [1.82, 2.24) is 0 Å². The molecule has 0 spiro atoms. The van der Waals surface area contributed by atoms with Crippen LogP contribution in [0.25, 0.3) is 0 Å². The molecule has 0 bridgehead atoms. The van der Waals surface area contributed by atoms with E-state index in [1.54, 1.807) is 19.1 Å². The van der Waals surface area contributed by atoms with Crippen LogP contribution >= 0.6 is 0 Å². The molecule has 0 aliphatic rings. The normalized spacial score (nSPS) is 9.85. The van der Waals surface area contributed by atoms with E-state index in [1.807, 2.05) is 0 Å². The SMILES string of the molecule is C=C(C)C(=O)OCCOCOc1ccccc1C(=O)O. The summed E-state index contributed by atoms with van der Waals surface area (Å²) in [6.07, 6.45) is 0. The third-order valence-corrected chi connectivity index (χ3v) is 2.22. The fourth-order valence-corrected chi connectivity index (χ4v) is 1.25. The van der Waals surface area contributed by atoms with Crippen molar-refractivity contribution in [2.45, 2.75) is 6.92 Å². The second-order valence-electron chi connectivity index (χ2n) is 3.89. The molecule has 1 rings (SSSR count). The largest absolute Gasteiger partial charge is 0.478 e. The second-order valence-corrected chi connectivity index (χ2v) is 3.89. The summed E-state index contributed by atoms with van der Waals surface area (Å²) in [4.78, 5) is 22.0. The van der Waals surface area contributed by atoms with Crippen LogP contribution in [-0.2, 0) is 14.3 Å². The Balaban J connectivity index is 2.27. The van der Waals surface area contributed by atoms with Crippen molar-refractivity contribution in [3.8, 4) is 5.75 Å². The van der Waals surface area contributed by atoms with E-state index in [2.05, 4.69) is 6.58 Å². The molecule has 0 radical (unpaired) electrons. The van der Waals surface area contributed by atoms with Crippen LogP contribution in [0.5, 0.6) is 5.75 Å². The molecule has 0 saturated heterocycles. The van der Waals surface area contributed by atoms with Crippen LogP contribution < -0.4 is 4.74 Å². The van der Waals surface area contributed by atoms with Crippen molar-refractivity contribution >= 4 is 11.9 Å². The molecule has 6 heteroatoms. The van der Waals surface area contributed by atoms with Crippen molar-refractivity contribution in [1.29, 1.82) is 0 Å². The average molecular weight is 280 g/mol. The predicted octanol–water partition coefficient (Wildman–Crippen LogP) is 1.86. The summed E-state index contributed by atoms with van der Waals surface area (Å²) in [7, 11) is 0. The molecule has 20 heavy (non-hydrogen) atoms. The van der Waals surface area contributed by atoms with Crippen LogP contribution in [0.2, 0.25) is 0 Å². The quantitative estimate of drug-likeness (QED) is 0.339. The van der Waals surface area contributed by atoms with E-state index in [4.69, 9.17) is 19.3 Å². The number of carboxylic acid groups (broad SMARTS) is 1. The Morgan fingerprint density at radius 1 is 1.25 bits per heavy atom. The Bertz CT molecular complexity index is 494. The first-order chi connectivity index (χ1) is 9.52. The van der Waals surface area contributed by atoms with Crippen LogP contribution in [0.15, 0.2) is 36.4 Å². The number of carbonyl (C=O) groups excluding carboxylic acids is 1. The van der Waals surface area contributed by atoms with Crippen LogP contribution in [0.3, 0.4) is 0 Å². The van der Waals surface area contributed by atoms with E-state index in [-0.39, 0.29) is 31.3 Å². The molecule has 0 aliphatic carbocycles. The number of carboxylic acids is 1. The summed E-state index contributed by atoms with van der Waals surface area (Å²) in [5.74, 6) is -1.33. The standard InChI is InChI=1S/C14H16O6/c1-10(2)14(17)19-8-7-18-9-20-12-6-4-3-5-11(12)13(15)16/h3-6H,1,7-9H2,2H3,(H,15,16). The fourth-order valence-electron chi connectivity index (χ4n) is 1.25. The summed E-state index contributed by atoms with van der Waals surface area (Å²) < 4.78 is 15.1. The first-order valence-corrected chi connectivity index (χ1v) is 5.88. The Morgan fingerprint density at radius 2 is 1.95 bits per heavy atom. The zero-order valence-corrected chi connectivity index (χ0v) is 11.1. The van der Waals surface area contributed by atoms with Gasteiger partial charge in [0.05, 0.1) is 6.61 Å². The van der Waals surface area contributed by atoms with Gasteiger partial charge in [0.25, 0.3) is 0 Å². The van der Waals surface area contributed by atoms with Crippen molar-refractivity contribution in [2.24, 2.45) is 0 Å². The van der Waals surface area contributed by atoms with Gasteiger partial charge >= 0.3 is 11.9 Å². The highest BCUT2D eigenvalue weighted by Gasteiger charge is 2.09. The molecule has 0 amide bonds. The van der Waals surface area contributed by atoms with Gasteiger partial charge in [0.15, 0.2) is 6.79 Å². The predicted molar refractivity (Wildman–Crippen MR) is 70.6 cm³/mol. The summed E-state index contributed by atoms with van der Waals surface area (Å²) in [6, 6.07) is 6.24. The zero-order valence-electron chi connectivity index (χ0n) is 11.1. The van der Waals surface area contributed by atoms with E-state index in [1.165, 1.54) is 12.1 Å². The fraction of sp³-hybridized carbons (Fsp3) is 0.286. The van der Waals surface area contributed by atoms with Crippen LogP contribution in [0, 0.1) is 0 Å². The topological polar surface area (TPSA) is 82.1 Å². The van der Waals surface area contributed by atoms with E-state index in [0.29, 0.717) is 5.57 Å². The maximum atomic E-state index is 11.0. The molecular formula is C14H16O6. The van der Waals surface area contributed by atoms with Crippen molar-refractivity contribution < 1.29 is 28.9 Å². The second kappa shape index (κ2) is 7.96. The maximum absolute atomic E-state index is 11.0. The Hall–Kier alpha value is -2.34. The number of aromatic carboxylic acids is 1.